The van der Waals surface area contributed by atoms with Gasteiger partial charge in [0.1, 0.15) is 10.5 Å². The second-order valence-electron chi connectivity index (χ2n) is 8.58. The third kappa shape index (κ3) is 4.53. The van der Waals surface area contributed by atoms with E-state index < -0.39 is 0 Å². The summed E-state index contributed by atoms with van der Waals surface area (Å²) in [6, 6.07) is 14.4. The highest BCUT2D eigenvalue weighted by molar-refractivity contribution is 7.22. The SMILES string of the molecule is Cc1cc(-n2ccc3cc(-c4ccc(Cl)cc4)sc3c2=O)cnc1N1CC[C@@H](N(C)C)C1.Cl. The minimum absolute atomic E-state index is 0. The molecule has 1 aliphatic rings. The second-order valence-corrected chi connectivity index (χ2v) is 10.1. The van der Waals surface area contributed by atoms with Gasteiger partial charge in [0, 0.05) is 40.6 Å². The summed E-state index contributed by atoms with van der Waals surface area (Å²) >= 11 is 7.53. The average Bonchev–Trinajstić information content (AvgIpc) is 3.42. The molecule has 5 nitrogen and oxygen atoms in total. The topological polar surface area (TPSA) is 41.4 Å². The van der Waals surface area contributed by atoms with Crippen molar-refractivity contribution < 1.29 is 0 Å². The van der Waals surface area contributed by atoms with E-state index in [0.717, 1.165) is 57.1 Å². The Morgan fingerprint density at radius 1 is 1.15 bits per heavy atom. The van der Waals surface area contributed by atoms with E-state index in [-0.39, 0.29) is 18.0 Å². The number of likely N-dealkylation sites (N-methyl/N-ethyl adjacent to an activating group) is 1. The number of pyridine rings is 2. The molecule has 8 heteroatoms. The number of hydrogen-bond acceptors (Lipinski definition) is 5. The smallest absolute Gasteiger partial charge is 0.273 e. The van der Waals surface area contributed by atoms with E-state index in [1.54, 1.807) is 4.57 Å². The Bertz CT molecular complexity index is 1350. The molecule has 5 rings (SSSR count). The quantitative estimate of drug-likeness (QED) is 0.363. The molecule has 33 heavy (non-hydrogen) atoms. The van der Waals surface area contributed by atoms with E-state index in [0.29, 0.717) is 11.1 Å². The Kier molecular flexibility index (Phi) is 6.82. The number of benzene rings is 1. The van der Waals surface area contributed by atoms with Crippen LogP contribution in [0.1, 0.15) is 12.0 Å². The molecule has 0 N–H and O–H groups in total. The van der Waals surface area contributed by atoms with Crippen molar-refractivity contribution in [2.75, 3.05) is 32.1 Å². The summed E-state index contributed by atoms with van der Waals surface area (Å²) in [4.78, 5) is 23.7. The van der Waals surface area contributed by atoms with Crippen LogP contribution in [0.5, 0.6) is 0 Å². The summed E-state index contributed by atoms with van der Waals surface area (Å²) in [5.74, 6) is 1.01. The lowest BCUT2D eigenvalue weighted by Crippen LogP contribution is -2.32. The standard InChI is InChI=1S/C25H25ClN4OS.ClH/c1-16-12-21(14-27-24(16)29-10-9-20(15-29)28(2)3)30-11-8-18-13-22(32-23(18)25(30)31)17-4-6-19(26)7-5-17;/h4-8,11-14,20H,9-10,15H2,1-3H3;1H/t20-;/m1./s1. The Morgan fingerprint density at radius 2 is 1.91 bits per heavy atom. The molecule has 1 aromatic carbocycles. The van der Waals surface area contributed by atoms with Gasteiger partial charge in [-0.2, -0.15) is 0 Å². The largest absolute Gasteiger partial charge is 0.355 e. The highest BCUT2D eigenvalue weighted by Crippen LogP contribution is 2.33. The molecule has 0 radical (unpaired) electrons. The maximum Gasteiger partial charge on any atom is 0.273 e. The van der Waals surface area contributed by atoms with Gasteiger partial charge in [-0.15, -0.1) is 23.7 Å². The van der Waals surface area contributed by atoms with Crippen LogP contribution >= 0.6 is 35.3 Å². The van der Waals surface area contributed by atoms with E-state index in [2.05, 4.69) is 43.0 Å². The molecule has 3 aromatic heterocycles. The number of aromatic nitrogens is 2. The molecule has 1 aliphatic heterocycles. The van der Waals surface area contributed by atoms with Crippen LogP contribution in [0.3, 0.4) is 0 Å². The van der Waals surface area contributed by atoms with Crippen LogP contribution in [0.4, 0.5) is 5.82 Å². The van der Waals surface area contributed by atoms with Crippen LogP contribution in [0.2, 0.25) is 5.02 Å². The molecule has 0 aliphatic carbocycles. The van der Waals surface area contributed by atoms with Gasteiger partial charge in [-0.25, -0.2) is 4.98 Å². The molecule has 4 heterocycles. The predicted octanol–water partition coefficient (Wildman–Crippen LogP) is 5.64. The summed E-state index contributed by atoms with van der Waals surface area (Å²) in [6.45, 7) is 4.06. The number of fused-ring (bicyclic) bond motifs is 1. The van der Waals surface area contributed by atoms with Crippen molar-refractivity contribution in [1.82, 2.24) is 14.5 Å². The number of rotatable bonds is 4. The van der Waals surface area contributed by atoms with Crippen LogP contribution in [-0.4, -0.2) is 47.7 Å². The molecule has 1 saturated heterocycles. The van der Waals surface area contributed by atoms with Gasteiger partial charge in [0.2, 0.25) is 0 Å². The van der Waals surface area contributed by atoms with Crippen molar-refractivity contribution in [2.24, 2.45) is 0 Å². The summed E-state index contributed by atoms with van der Waals surface area (Å²) in [6.07, 6.45) is 4.80. The van der Waals surface area contributed by atoms with Crippen LogP contribution in [-0.2, 0) is 0 Å². The monoisotopic (exact) mass is 500 g/mol. The summed E-state index contributed by atoms with van der Waals surface area (Å²) in [7, 11) is 4.26. The van der Waals surface area contributed by atoms with Crippen molar-refractivity contribution >= 4 is 51.2 Å². The molecule has 4 aromatic rings. The van der Waals surface area contributed by atoms with Crippen molar-refractivity contribution in [2.45, 2.75) is 19.4 Å². The van der Waals surface area contributed by atoms with Crippen molar-refractivity contribution in [3.8, 4) is 16.1 Å². The summed E-state index contributed by atoms with van der Waals surface area (Å²) in [5, 5.41) is 1.66. The fourth-order valence-corrected chi connectivity index (χ4v) is 5.58. The average molecular weight is 501 g/mol. The molecular weight excluding hydrogens is 475 g/mol. The van der Waals surface area contributed by atoms with Gasteiger partial charge in [0.15, 0.2) is 0 Å². The molecule has 172 valence electrons. The van der Waals surface area contributed by atoms with Gasteiger partial charge in [0.25, 0.3) is 5.56 Å². The van der Waals surface area contributed by atoms with Crippen LogP contribution in [0.15, 0.2) is 59.7 Å². The molecule has 1 atom stereocenters. The van der Waals surface area contributed by atoms with Crippen LogP contribution in [0.25, 0.3) is 26.2 Å². The van der Waals surface area contributed by atoms with E-state index in [1.165, 1.54) is 11.3 Å². The first-order valence-corrected chi connectivity index (χ1v) is 11.9. The fraction of sp³-hybridized carbons (Fsp3) is 0.280. The van der Waals surface area contributed by atoms with Crippen molar-refractivity contribution in [3.63, 3.8) is 0 Å². The zero-order valence-corrected chi connectivity index (χ0v) is 21.2. The number of anilines is 1. The lowest BCUT2D eigenvalue weighted by Gasteiger charge is -2.22. The Labute approximate surface area is 208 Å². The van der Waals surface area contributed by atoms with Gasteiger partial charge in [-0.1, -0.05) is 23.7 Å². The van der Waals surface area contributed by atoms with E-state index in [4.69, 9.17) is 16.6 Å². The van der Waals surface area contributed by atoms with Crippen LogP contribution < -0.4 is 10.5 Å². The van der Waals surface area contributed by atoms with Crippen LogP contribution in [0, 0.1) is 6.92 Å². The maximum absolute atomic E-state index is 13.3. The van der Waals surface area contributed by atoms with Gasteiger partial charge >= 0.3 is 0 Å². The van der Waals surface area contributed by atoms with E-state index >= 15 is 0 Å². The predicted molar refractivity (Wildman–Crippen MR) is 142 cm³/mol. The third-order valence-corrected chi connectivity index (χ3v) is 7.65. The molecule has 0 bridgehead atoms. The zero-order chi connectivity index (χ0) is 22.4. The number of halogens is 2. The normalized spacial score (nSPS) is 15.9. The van der Waals surface area contributed by atoms with Gasteiger partial charge in [0.05, 0.1) is 11.9 Å². The first-order valence-electron chi connectivity index (χ1n) is 10.7. The summed E-state index contributed by atoms with van der Waals surface area (Å²) < 4.78 is 2.44. The number of nitrogens with zero attached hydrogens (tertiary/aromatic N) is 4. The molecule has 0 spiro atoms. The second kappa shape index (κ2) is 9.47. The molecule has 0 amide bonds. The Morgan fingerprint density at radius 3 is 2.58 bits per heavy atom. The summed E-state index contributed by atoms with van der Waals surface area (Å²) in [5.41, 5.74) is 2.92. The first kappa shape index (κ1) is 23.8. The zero-order valence-electron chi connectivity index (χ0n) is 18.8. The molecule has 0 unspecified atom stereocenters. The lowest BCUT2D eigenvalue weighted by atomic mass is 10.2. The molecule has 1 fully saturated rings. The van der Waals surface area contributed by atoms with E-state index in [1.807, 2.05) is 42.7 Å². The number of aryl methyl sites for hydroxylation is 1. The minimum Gasteiger partial charge on any atom is -0.355 e. The Balaban J connectivity index is 0.00000259. The van der Waals surface area contributed by atoms with Gasteiger partial charge in [-0.05, 0) is 68.9 Å². The number of thiophene rings is 1. The van der Waals surface area contributed by atoms with Crippen molar-refractivity contribution in [1.29, 1.82) is 0 Å². The van der Waals surface area contributed by atoms with Gasteiger partial charge < -0.3 is 9.80 Å². The van der Waals surface area contributed by atoms with E-state index in [9.17, 15) is 4.79 Å². The lowest BCUT2D eigenvalue weighted by molar-refractivity contribution is 0.315. The maximum atomic E-state index is 13.3. The Hall–Kier alpha value is -2.38. The fourth-order valence-electron chi connectivity index (χ4n) is 4.36. The highest BCUT2D eigenvalue weighted by atomic mass is 35.5. The van der Waals surface area contributed by atoms with Crippen molar-refractivity contribution in [3.05, 3.63) is 75.8 Å². The molecular formula is C25H26Cl2N4OS. The first-order chi connectivity index (χ1) is 15.4. The third-order valence-electron chi connectivity index (χ3n) is 6.21. The van der Waals surface area contributed by atoms with Gasteiger partial charge in [-0.3, -0.25) is 9.36 Å². The number of hydrogen-bond donors (Lipinski definition) is 0. The molecule has 0 saturated carbocycles. The minimum atomic E-state index is -0.0180. The highest BCUT2D eigenvalue weighted by Gasteiger charge is 2.26.